The second-order valence-electron chi connectivity index (χ2n) is 5.95. The molecular formula is C16H21Cl2FN2O2. The van der Waals surface area contributed by atoms with Crippen LogP contribution in [0, 0.1) is 11.2 Å². The first-order valence-electron chi connectivity index (χ1n) is 7.55. The number of piperidine rings is 1. The van der Waals surface area contributed by atoms with Crippen molar-refractivity contribution in [1.29, 1.82) is 0 Å². The molecule has 23 heavy (non-hydrogen) atoms. The van der Waals surface area contributed by atoms with E-state index >= 15 is 0 Å². The SMILES string of the molecule is COCC1(C(=O)NC(C)c2cc(F)c(Cl)cc2Cl)CCNCC1. The maximum absolute atomic E-state index is 13.7. The first kappa shape index (κ1) is 18.5. The zero-order valence-corrected chi connectivity index (χ0v) is 14.7. The Hall–Kier alpha value is -0.880. The maximum Gasteiger partial charge on any atom is 0.229 e. The maximum atomic E-state index is 13.7. The summed E-state index contributed by atoms with van der Waals surface area (Å²) in [4.78, 5) is 12.8. The van der Waals surface area contributed by atoms with Crippen LogP contribution in [0.1, 0.15) is 31.4 Å². The third kappa shape index (κ3) is 4.15. The Morgan fingerprint density at radius 2 is 2.04 bits per heavy atom. The van der Waals surface area contributed by atoms with Crippen LogP contribution < -0.4 is 10.6 Å². The van der Waals surface area contributed by atoms with Crippen molar-refractivity contribution in [2.24, 2.45) is 5.41 Å². The quantitative estimate of drug-likeness (QED) is 0.789. The van der Waals surface area contributed by atoms with Gasteiger partial charge in [-0.2, -0.15) is 0 Å². The van der Waals surface area contributed by atoms with E-state index in [2.05, 4.69) is 10.6 Å². The minimum atomic E-state index is -0.564. The van der Waals surface area contributed by atoms with Crippen LogP contribution in [0.4, 0.5) is 4.39 Å². The minimum Gasteiger partial charge on any atom is -0.384 e. The van der Waals surface area contributed by atoms with Gasteiger partial charge in [0.1, 0.15) is 5.82 Å². The van der Waals surface area contributed by atoms with Crippen molar-refractivity contribution >= 4 is 29.1 Å². The van der Waals surface area contributed by atoms with E-state index in [4.69, 9.17) is 27.9 Å². The summed E-state index contributed by atoms with van der Waals surface area (Å²) in [6.45, 7) is 3.66. The van der Waals surface area contributed by atoms with Gasteiger partial charge >= 0.3 is 0 Å². The lowest BCUT2D eigenvalue weighted by molar-refractivity contribution is -0.136. The monoisotopic (exact) mass is 362 g/mol. The molecule has 1 unspecified atom stereocenters. The van der Waals surface area contributed by atoms with Gasteiger partial charge in [0, 0.05) is 12.1 Å². The lowest BCUT2D eigenvalue weighted by atomic mass is 9.78. The number of halogens is 3. The number of methoxy groups -OCH3 is 1. The van der Waals surface area contributed by atoms with Crippen molar-refractivity contribution in [1.82, 2.24) is 10.6 Å². The van der Waals surface area contributed by atoms with Gasteiger partial charge in [0.15, 0.2) is 0 Å². The summed E-state index contributed by atoms with van der Waals surface area (Å²) in [5.41, 5.74) is -0.0606. The fourth-order valence-corrected chi connectivity index (χ4v) is 3.46. The van der Waals surface area contributed by atoms with Gasteiger partial charge in [0.2, 0.25) is 5.91 Å². The molecule has 0 spiro atoms. The van der Waals surface area contributed by atoms with Gasteiger partial charge in [-0.3, -0.25) is 4.79 Å². The van der Waals surface area contributed by atoms with Gasteiger partial charge < -0.3 is 15.4 Å². The molecular weight excluding hydrogens is 342 g/mol. The van der Waals surface area contributed by atoms with E-state index < -0.39 is 17.3 Å². The Bertz CT molecular complexity index is 572. The van der Waals surface area contributed by atoms with Crippen LogP contribution in [0.5, 0.6) is 0 Å². The largest absolute Gasteiger partial charge is 0.384 e. The van der Waals surface area contributed by atoms with Gasteiger partial charge in [0.05, 0.1) is 23.1 Å². The molecule has 4 nitrogen and oxygen atoms in total. The molecule has 1 aromatic carbocycles. The summed E-state index contributed by atoms with van der Waals surface area (Å²) in [7, 11) is 1.59. The van der Waals surface area contributed by atoms with Gasteiger partial charge in [-0.1, -0.05) is 23.2 Å². The second-order valence-corrected chi connectivity index (χ2v) is 6.76. The summed E-state index contributed by atoms with van der Waals surface area (Å²) >= 11 is 11.8. The highest BCUT2D eigenvalue weighted by atomic mass is 35.5. The van der Waals surface area contributed by atoms with E-state index in [1.165, 1.54) is 12.1 Å². The van der Waals surface area contributed by atoms with Crippen molar-refractivity contribution in [3.8, 4) is 0 Å². The van der Waals surface area contributed by atoms with Crippen LogP contribution in [0.2, 0.25) is 10.0 Å². The molecule has 0 radical (unpaired) electrons. The molecule has 2 N–H and O–H groups in total. The summed E-state index contributed by atoms with van der Waals surface area (Å²) in [5, 5.41) is 6.47. The molecule has 0 saturated carbocycles. The molecule has 1 aliphatic rings. The highest BCUT2D eigenvalue weighted by molar-refractivity contribution is 6.35. The van der Waals surface area contributed by atoms with E-state index in [-0.39, 0.29) is 10.9 Å². The summed E-state index contributed by atoms with van der Waals surface area (Å²) in [6, 6.07) is 2.19. The average molecular weight is 363 g/mol. The highest BCUT2D eigenvalue weighted by Crippen LogP contribution is 2.32. The number of amides is 1. The molecule has 1 saturated heterocycles. The van der Waals surface area contributed by atoms with Crippen LogP contribution in [-0.4, -0.2) is 32.7 Å². The number of carbonyl (C=O) groups is 1. The van der Waals surface area contributed by atoms with Crippen molar-refractivity contribution in [2.75, 3.05) is 26.8 Å². The lowest BCUT2D eigenvalue weighted by Gasteiger charge is -2.36. The van der Waals surface area contributed by atoms with Crippen LogP contribution >= 0.6 is 23.2 Å². The van der Waals surface area contributed by atoms with Crippen molar-refractivity contribution in [3.63, 3.8) is 0 Å². The Morgan fingerprint density at radius 3 is 2.65 bits per heavy atom. The van der Waals surface area contributed by atoms with E-state index in [9.17, 15) is 9.18 Å². The third-order valence-corrected chi connectivity index (χ3v) is 4.93. The molecule has 0 bridgehead atoms. The normalized spacial score (nSPS) is 18.5. The summed E-state index contributed by atoms with van der Waals surface area (Å²) in [6.07, 6.45) is 1.39. The summed E-state index contributed by atoms with van der Waals surface area (Å²) in [5.74, 6) is -0.652. The van der Waals surface area contributed by atoms with Gasteiger partial charge in [0.25, 0.3) is 0 Å². The lowest BCUT2D eigenvalue weighted by Crippen LogP contribution is -2.50. The van der Waals surface area contributed by atoms with Crippen LogP contribution in [-0.2, 0) is 9.53 Å². The molecule has 0 aromatic heterocycles. The molecule has 1 heterocycles. The number of ether oxygens (including phenoxy) is 1. The number of hydrogen-bond acceptors (Lipinski definition) is 3. The number of rotatable bonds is 5. The Kier molecular flexibility index (Phi) is 6.26. The molecule has 1 atom stereocenters. The highest BCUT2D eigenvalue weighted by Gasteiger charge is 2.40. The molecule has 2 rings (SSSR count). The van der Waals surface area contributed by atoms with E-state index in [0.29, 0.717) is 30.0 Å². The zero-order chi connectivity index (χ0) is 17.0. The van der Waals surface area contributed by atoms with E-state index in [0.717, 1.165) is 13.1 Å². The molecule has 0 aliphatic carbocycles. The van der Waals surface area contributed by atoms with Gasteiger partial charge in [-0.05, 0) is 50.6 Å². The van der Waals surface area contributed by atoms with Crippen molar-refractivity contribution in [3.05, 3.63) is 33.6 Å². The molecule has 1 aliphatic heterocycles. The molecule has 128 valence electrons. The van der Waals surface area contributed by atoms with E-state index in [1.807, 2.05) is 0 Å². The van der Waals surface area contributed by atoms with Crippen LogP contribution in [0.25, 0.3) is 0 Å². The van der Waals surface area contributed by atoms with Crippen molar-refractivity contribution < 1.29 is 13.9 Å². The number of nitrogens with one attached hydrogen (secondary N) is 2. The molecule has 7 heteroatoms. The minimum absolute atomic E-state index is 0.0357. The number of benzene rings is 1. The smallest absolute Gasteiger partial charge is 0.229 e. The topological polar surface area (TPSA) is 50.4 Å². The van der Waals surface area contributed by atoms with Crippen LogP contribution in [0.15, 0.2) is 12.1 Å². The first-order chi connectivity index (χ1) is 10.9. The zero-order valence-electron chi connectivity index (χ0n) is 13.2. The summed E-state index contributed by atoms with van der Waals surface area (Å²) < 4.78 is 18.9. The molecule has 1 amide bonds. The standard InChI is InChI=1S/C16H21Cl2FN2O2/c1-10(11-7-14(19)13(18)8-12(11)17)21-15(22)16(9-23-2)3-5-20-6-4-16/h7-8,10,20H,3-6,9H2,1-2H3,(H,21,22). The fourth-order valence-electron chi connectivity index (χ4n) is 2.92. The van der Waals surface area contributed by atoms with Crippen molar-refractivity contribution in [2.45, 2.75) is 25.8 Å². The average Bonchev–Trinajstić information content (AvgIpc) is 2.52. The second kappa shape index (κ2) is 7.79. The number of hydrogen-bond donors (Lipinski definition) is 2. The predicted octanol–water partition coefficient (Wildman–Crippen LogP) is 3.33. The molecule has 1 fully saturated rings. The Morgan fingerprint density at radius 1 is 1.39 bits per heavy atom. The van der Waals surface area contributed by atoms with Crippen LogP contribution in [0.3, 0.4) is 0 Å². The Labute approximate surface area is 145 Å². The Balaban J connectivity index is 2.16. The third-order valence-electron chi connectivity index (χ3n) is 4.32. The first-order valence-corrected chi connectivity index (χ1v) is 8.30. The number of carbonyl (C=O) groups excluding carboxylic acids is 1. The predicted molar refractivity (Wildman–Crippen MR) is 89.4 cm³/mol. The van der Waals surface area contributed by atoms with Gasteiger partial charge in [-0.25, -0.2) is 4.39 Å². The fraction of sp³-hybridized carbons (Fsp3) is 0.562. The van der Waals surface area contributed by atoms with Gasteiger partial charge in [-0.15, -0.1) is 0 Å². The van der Waals surface area contributed by atoms with E-state index in [1.54, 1.807) is 14.0 Å². The molecule has 1 aromatic rings.